The van der Waals surface area contributed by atoms with E-state index in [4.69, 9.17) is 4.74 Å². The van der Waals surface area contributed by atoms with Crippen molar-refractivity contribution in [2.24, 2.45) is 5.41 Å². The summed E-state index contributed by atoms with van der Waals surface area (Å²) in [5.74, 6) is 1.06. The Kier molecular flexibility index (Phi) is 4.55. The zero-order valence-corrected chi connectivity index (χ0v) is 17.6. The van der Waals surface area contributed by atoms with Gasteiger partial charge in [-0.25, -0.2) is 9.97 Å². The number of likely N-dealkylation sites (tertiary alicyclic amines) is 1. The van der Waals surface area contributed by atoms with Crippen LogP contribution in [0, 0.1) is 19.3 Å². The van der Waals surface area contributed by atoms with Crippen LogP contribution in [0.3, 0.4) is 0 Å². The summed E-state index contributed by atoms with van der Waals surface area (Å²) in [6, 6.07) is 0. The summed E-state index contributed by atoms with van der Waals surface area (Å²) < 4.78 is 5.83. The largest absolute Gasteiger partial charge is 0.461 e. The second-order valence-electron chi connectivity index (χ2n) is 8.67. The molecule has 1 unspecified atom stereocenters. The van der Waals surface area contributed by atoms with Gasteiger partial charge in [0.25, 0.3) is 0 Å². The van der Waals surface area contributed by atoms with E-state index in [0.717, 1.165) is 62.6 Å². The van der Waals surface area contributed by atoms with Gasteiger partial charge in [-0.2, -0.15) is 0 Å². The van der Waals surface area contributed by atoms with Crippen molar-refractivity contribution in [3.63, 3.8) is 0 Å². The third-order valence-electron chi connectivity index (χ3n) is 6.95. The first kappa shape index (κ1) is 18.3. The van der Waals surface area contributed by atoms with Crippen LogP contribution in [0.5, 0.6) is 0 Å². The maximum Gasteiger partial charge on any atom is 0.312 e. The molecule has 3 aliphatic heterocycles. The molecular formula is C21H28N4O2S. The van der Waals surface area contributed by atoms with E-state index in [-0.39, 0.29) is 17.5 Å². The molecule has 6 nitrogen and oxygen atoms in total. The van der Waals surface area contributed by atoms with E-state index in [1.807, 2.05) is 0 Å². The molecule has 0 bridgehead atoms. The summed E-state index contributed by atoms with van der Waals surface area (Å²) in [4.78, 5) is 29.0. The quantitative estimate of drug-likeness (QED) is 0.737. The van der Waals surface area contributed by atoms with Crippen molar-refractivity contribution in [1.82, 2.24) is 14.9 Å². The van der Waals surface area contributed by atoms with Crippen LogP contribution in [0.4, 0.5) is 5.82 Å². The Bertz CT molecular complexity index is 897. The molecule has 5 rings (SSSR count). The van der Waals surface area contributed by atoms with Crippen LogP contribution in [-0.4, -0.2) is 59.7 Å². The lowest BCUT2D eigenvalue weighted by Crippen LogP contribution is -2.43. The fourth-order valence-electron chi connectivity index (χ4n) is 5.15. The lowest BCUT2D eigenvalue weighted by Gasteiger charge is -2.37. The van der Waals surface area contributed by atoms with Gasteiger partial charge in [0.1, 0.15) is 23.1 Å². The molecule has 0 radical (unpaired) electrons. The Hall–Kier alpha value is -1.73. The van der Waals surface area contributed by atoms with Crippen molar-refractivity contribution in [3.8, 4) is 0 Å². The number of esters is 1. The normalized spacial score (nSPS) is 25.1. The molecule has 150 valence electrons. The molecule has 3 fully saturated rings. The van der Waals surface area contributed by atoms with Crippen molar-refractivity contribution >= 4 is 33.3 Å². The number of rotatable bonds is 3. The number of anilines is 1. The van der Waals surface area contributed by atoms with Gasteiger partial charge in [0.2, 0.25) is 0 Å². The average molecular weight is 401 g/mol. The van der Waals surface area contributed by atoms with Gasteiger partial charge >= 0.3 is 5.97 Å². The van der Waals surface area contributed by atoms with E-state index >= 15 is 0 Å². The van der Waals surface area contributed by atoms with Gasteiger partial charge in [-0.3, -0.25) is 9.69 Å². The van der Waals surface area contributed by atoms with E-state index in [1.54, 1.807) is 17.7 Å². The zero-order chi connectivity index (χ0) is 19.3. The van der Waals surface area contributed by atoms with Crippen molar-refractivity contribution in [2.75, 3.05) is 37.6 Å². The van der Waals surface area contributed by atoms with E-state index in [0.29, 0.717) is 0 Å². The van der Waals surface area contributed by atoms with Crippen LogP contribution in [0.2, 0.25) is 0 Å². The summed E-state index contributed by atoms with van der Waals surface area (Å²) >= 11 is 1.73. The maximum atomic E-state index is 12.8. The summed E-state index contributed by atoms with van der Waals surface area (Å²) in [5.41, 5.74) is 0.994. The van der Waals surface area contributed by atoms with E-state index in [1.165, 1.54) is 28.7 Å². The number of fused-ring (bicyclic) bond motifs is 1. The number of aromatic nitrogens is 2. The minimum atomic E-state index is -0.285. The predicted molar refractivity (Wildman–Crippen MR) is 111 cm³/mol. The molecule has 0 amide bonds. The topological polar surface area (TPSA) is 58.6 Å². The molecule has 5 heterocycles. The predicted octanol–water partition coefficient (Wildman–Crippen LogP) is 3.31. The summed E-state index contributed by atoms with van der Waals surface area (Å²) in [7, 11) is 0. The first-order chi connectivity index (χ1) is 13.6. The molecule has 1 spiro atoms. The number of aryl methyl sites for hydroxylation is 2. The van der Waals surface area contributed by atoms with Crippen LogP contribution in [-0.2, 0) is 9.53 Å². The Balaban J connectivity index is 1.31. The average Bonchev–Trinajstić information content (AvgIpc) is 3.37. The van der Waals surface area contributed by atoms with Crippen molar-refractivity contribution in [3.05, 3.63) is 16.8 Å². The van der Waals surface area contributed by atoms with Gasteiger partial charge in [-0.05, 0) is 58.2 Å². The van der Waals surface area contributed by atoms with Crippen molar-refractivity contribution < 1.29 is 9.53 Å². The molecule has 3 aliphatic rings. The van der Waals surface area contributed by atoms with Crippen molar-refractivity contribution in [2.45, 2.75) is 52.1 Å². The minimum Gasteiger partial charge on any atom is -0.461 e. The second kappa shape index (κ2) is 6.95. The van der Waals surface area contributed by atoms with E-state index in [2.05, 4.69) is 33.6 Å². The van der Waals surface area contributed by atoms with Gasteiger partial charge in [0.15, 0.2) is 0 Å². The van der Waals surface area contributed by atoms with Crippen LogP contribution in [0.1, 0.15) is 42.5 Å². The highest BCUT2D eigenvalue weighted by atomic mass is 32.1. The van der Waals surface area contributed by atoms with Gasteiger partial charge in [0.05, 0.1) is 10.8 Å². The molecular weight excluding hydrogens is 372 g/mol. The molecule has 7 heteroatoms. The highest BCUT2D eigenvalue weighted by Crippen LogP contribution is 2.45. The number of hydrogen-bond acceptors (Lipinski definition) is 7. The van der Waals surface area contributed by atoms with E-state index in [9.17, 15) is 4.79 Å². The highest BCUT2D eigenvalue weighted by Gasteiger charge is 2.50. The summed E-state index contributed by atoms with van der Waals surface area (Å²) in [6.45, 7) is 9.22. The molecule has 28 heavy (non-hydrogen) atoms. The fraction of sp³-hybridized carbons (Fsp3) is 0.667. The Morgan fingerprint density at radius 3 is 2.68 bits per heavy atom. The number of cyclic esters (lactones) is 1. The monoisotopic (exact) mass is 400 g/mol. The number of piperidine rings is 1. The summed E-state index contributed by atoms with van der Waals surface area (Å²) in [5, 5.41) is 1.18. The Morgan fingerprint density at radius 2 is 1.93 bits per heavy atom. The molecule has 0 aliphatic carbocycles. The first-order valence-corrected chi connectivity index (χ1v) is 11.3. The first-order valence-electron chi connectivity index (χ1n) is 10.4. The number of thiophene rings is 1. The van der Waals surface area contributed by atoms with Gasteiger partial charge in [0, 0.05) is 30.9 Å². The van der Waals surface area contributed by atoms with Crippen molar-refractivity contribution in [1.29, 1.82) is 0 Å². The second-order valence-corrected chi connectivity index (χ2v) is 9.87. The third kappa shape index (κ3) is 2.99. The molecule has 0 N–H and O–H groups in total. The maximum absolute atomic E-state index is 12.8. The minimum absolute atomic E-state index is 0.0340. The molecule has 0 saturated carbocycles. The number of nitrogens with zero attached hydrogens (tertiary/aromatic N) is 4. The highest BCUT2D eigenvalue weighted by molar-refractivity contribution is 7.18. The van der Waals surface area contributed by atoms with Crippen LogP contribution < -0.4 is 4.90 Å². The zero-order valence-electron chi connectivity index (χ0n) is 16.7. The number of carbonyl (C=O) groups is 1. The SMILES string of the molecule is Cc1sc2ncnc(N3CCC4(CC3)CC(CN3CCCC3)OC4=O)c2c1C. The molecule has 2 aromatic rings. The lowest BCUT2D eigenvalue weighted by atomic mass is 9.76. The van der Waals surface area contributed by atoms with Gasteiger partial charge in [-0.15, -0.1) is 11.3 Å². The Labute approximate surface area is 169 Å². The van der Waals surface area contributed by atoms with Crippen LogP contribution >= 0.6 is 11.3 Å². The number of ether oxygens (including phenoxy) is 1. The fourth-order valence-corrected chi connectivity index (χ4v) is 6.14. The van der Waals surface area contributed by atoms with Gasteiger partial charge in [-0.1, -0.05) is 0 Å². The van der Waals surface area contributed by atoms with Crippen LogP contribution in [0.15, 0.2) is 6.33 Å². The Morgan fingerprint density at radius 1 is 1.18 bits per heavy atom. The van der Waals surface area contributed by atoms with Crippen LogP contribution in [0.25, 0.3) is 10.2 Å². The molecule has 2 aromatic heterocycles. The third-order valence-corrected chi connectivity index (χ3v) is 8.07. The number of carbonyl (C=O) groups excluding carboxylic acids is 1. The number of hydrogen-bond donors (Lipinski definition) is 0. The standard InChI is InChI=1S/C21H28N4O2S/c1-14-15(2)28-19-17(14)18(22-13-23-19)25-9-5-21(6-10-25)11-16(27-20(21)26)12-24-7-3-4-8-24/h13,16H,3-12H2,1-2H3. The van der Waals surface area contributed by atoms with Gasteiger partial charge < -0.3 is 9.64 Å². The molecule has 1 atom stereocenters. The lowest BCUT2D eigenvalue weighted by molar-refractivity contribution is -0.150. The smallest absolute Gasteiger partial charge is 0.312 e. The molecule has 0 aromatic carbocycles. The summed E-state index contributed by atoms with van der Waals surface area (Å²) in [6.07, 6.45) is 6.89. The molecule has 3 saturated heterocycles. The van der Waals surface area contributed by atoms with E-state index < -0.39 is 0 Å².